The monoisotopic (exact) mass is 426 g/mol. The summed E-state index contributed by atoms with van der Waals surface area (Å²) in [5, 5.41) is -0.647. The third-order valence-corrected chi connectivity index (χ3v) is 6.96. The van der Waals surface area contributed by atoms with Gasteiger partial charge < -0.3 is 4.55 Å². The molecule has 0 aromatic rings. The van der Waals surface area contributed by atoms with Crippen molar-refractivity contribution in [2.75, 3.05) is 0 Å². The van der Waals surface area contributed by atoms with Gasteiger partial charge in [0.05, 0.1) is 10.1 Å². The van der Waals surface area contributed by atoms with Gasteiger partial charge in [-0.1, -0.05) is 129 Å². The fourth-order valence-corrected chi connectivity index (χ4v) is 4.71. The molecule has 0 aromatic heterocycles. The van der Waals surface area contributed by atoms with E-state index in [4.69, 9.17) is 0 Å². The molecule has 0 amide bonds. The van der Waals surface area contributed by atoms with Crippen molar-refractivity contribution in [3.05, 3.63) is 0 Å². The topological polar surface area (TPSA) is 57.2 Å². The van der Waals surface area contributed by atoms with Gasteiger partial charge in [-0.2, -0.15) is 0 Å². The summed E-state index contributed by atoms with van der Waals surface area (Å²) in [6, 6.07) is 0. The van der Waals surface area contributed by atoms with Crippen LogP contribution < -0.4 is 29.6 Å². The molecular weight excluding hydrogens is 379 g/mol. The fourth-order valence-electron chi connectivity index (χ4n) is 3.80. The average molecular weight is 427 g/mol. The second-order valence-corrected chi connectivity index (χ2v) is 10.0. The maximum atomic E-state index is 11.5. The Hall–Kier alpha value is 0.910. The normalized spacial score (nSPS) is 12.7. The second kappa shape index (κ2) is 22.6. The van der Waals surface area contributed by atoms with Gasteiger partial charge in [0.2, 0.25) is 0 Å². The van der Waals surface area contributed by atoms with E-state index >= 15 is 0 Å². The zero-order valence-electron chi connectivity index (χ0n) is 19.4. The smallest absolute Gasteiger partial charge is 0.748 e. The van der Waals surface area contributed by atoms with Crippen LogP contribution in [0.25, 0.3) is 0 Å². The van der Waals surface area contributed by atoms with E-state index < -0.39 is 15.4 Å². The molecule has 0 aromatic carbocycles. The minimum atomic E-state index is -4.13. The number of hydrogen-bond donors (Lipinski definition) is 0. The minimum absolute atomic E-state index is 0. The van der Waals surface area contributed by atoms with Crippen LogP contribution in [0.15, 0.2) is 0 Å². The Labute approximate surface area is 199 Å². The molecule has 0 aliphatic heterocycles. The third-order valence-electron chi connectivity index (χ3n) is 5.67. The largest absolute Gasteiger partial charge is 1.00 e. The van der Waals surface area contributed by atoms with Crippen LogP contribution in [0.4, 0.5) is 0 Å². The molecule has 164 valence electrons. The van der Waals surface area contributed by atoms with E-state index in [2.05, 4.69) is 13.8 Å². The molecule has 0 heterocycles. The van der Waals surface area contributed by atoms with Crippen LogP contribution in [0, 0.1) is 0 Å². The van der Waals surface area contributed by atoms with E-state index in [0.29, 0.717) is 12.8 Å². The van der Waals surface area contributed by atoms with Crippen molar-refractivity contribution in [3.63, 3.8) is 0 Å². The molecule has 3 nitrogen and oxygen atoms in total. The van der Waals surface area contributed by atoms with Gasteiger partial charge in [-0.3, -0.25) is 0 Å². The van der Waals surface area contributed by atoms with Crippen molar-refractivity contribution in [1.29, 1.82) is 0 Å². The Bertz CT molecular complexity index is 399. The molecule has 0 radical (unpaired) electrons. The third kappa shape index (κ3) is 21.6. The summed E-state index contributed by atoms with van der Waals surface area (Å²) in [4.78, 5) is 0. The van der Waals surface area contributed by atoms with Crippen molar-refractivity contribution in [1.82, 2.24) is 0 Å². The van der Waals surface area contributed by atoms with Crippen molar-refractivity contribution in [2.24, 2.45) is 0 Å². The van der Waals surface area contributed by atoms with Crippen LogP contribution in [-0.2, 0) is 10.1 Å². The van der Waals surface area contributed by atoms with Crippen LogP contribution in [0.3, 0.4) is 0 Å². The van der Waals surface area contributed by atoms with Gasteiger partial charge in [-0.25, -0.2) is 8.42 Å². The molecule has 28 heavy (non-hydrogen) atoms. The molecule has 0 rings (SSSR count). The van der Waals surface area contributed by atoms with Gasteiger partial charge >= 0.3 is 29.6 Å². The Morgan fingerprint density at radius 2 is 0.786 bits per heavy atom. The first-order valence-corrected chi connectivity index (χ1v) is 13.4. The van der Waals surface area contributed by atoms with Crippen LogP contribution in [0.5, 0.6) is 0 Å². The molecule has 0 N–H and O–H groups in total. The SMILES string of the molecule is CCCCCCCCCCCCCC(CCCCCCCCC)S(=O)(=O)[O-].[Na+]. The molecule has 0 aliphatic rings. The summed E-state index contributed by atoms with van der Waals surface area (Å²) < 4.78 is 34.5. The van der Waals surface area contributed by atoms with Crippen LogP contribution in [0.1, 0.15) is 142 Å². The van der Waals surface area contributed by atoms with Crippen molar-refractivity contribution < 1.29 is 42.5 Å². The summed E-state index contributed by atoms with van der Waals surface area (Å²) in [7, 11) is -4.13. The van der Waals surface area contributed by atoms with E-state index in [-0.39, 0.29) is 29.6 Å². The predicted molar refractivity (Wildman–Crippen MR) is 117 cm³/mol. The van der Waals surface area contributed by atoms with Crippen molar-refractivity contribution in [2.45, 2.75) is 148 Å². The van der Waals surface area contributed by atoms with Crippen LogP contribution >= 0.6 is 0 Å². The first-order chi connectivity index (χ1) is 13.0. The van der Waals surface area contributed by atoms with E-state index in [1.54, 1.807) is 0 Å². The average Bonchev–Trinajstić information content (AvgIpc) is 2.62. The van der Waals surface area contributed by atoms with Gasteiger partial charge in [0.1, 0.15) is 0 Å². The van der Waals surface area contributed by atoms with Gasteiger partial charge in [-0.15, -0.1) is 0 Å². The summed E-state index contributed by atoms with van der Waals surface area (Å²) in [6.07, 6.45) is 23.1. The maximum absolute atomic E-state index is 11.5. The van der Waals surface area contributed by atoms with E-state index in [0.717, 1.165) is 25.7 Å². The molecule has 1 atom stereocenters. The summed E-state index contributed by atoms with van der Waals surface area (Å²) in [5.41, 5.74) is 0. The second-order valence-electron chi connectivity index (χ2n) is 8.35. The van der Waals surface area contributed by atoms with Gasteiger partial charge in [-0.05, 0) is 12.8 Å². The van der Waals surface area contributed by atoms with E-state index in [9.17, 15) is 13.0 Å². The standard InChI is InChI=1S/C23H48O3S.Na/c1-3-5-7-9-11-12-13-14-16-18-20-22-23(27(24,25)26)21-19-17-15-10-8-6-4-2;/h23H,3-22H2,1-2H3,(H,24,25,26);/q;+1/p-1. The Morgan fingerprint density at radius 1 is 0.536 bits per heavy atom. The van der Waals surface area contributed by atoms with Gasteiger partial charge in [0.25, 0.3) is 0 Å². The summed E-state index contributed by atoms with van der Waals surface area (Å²) in [5.74, 6) is 0. The predicted octanol–water partition coefficient (Wildman–Crippen LogP) is 4.75. The number of rotatable bonds is 21. The molecule has 0 fully saturated rings. The van der Waals surface area contributed by atoms with Crippen molar-refractivity contribution >= 4 is 10.1 Å². The number of hydrogen-bond acceptors (Lipinski definition) is 3. The van der Waals surface area contributed by atoms with E-state index in [1.807, 2.05) is 0 Å². The Morgan fingerprint density at radius 3 is 1.04 bits per heavy atom. The van der Waals surface area contributed by atoms with Crippen LogP contribution in [-0.4, -0.2) is 18.2 Å². The first kappa shape index (κ1) is 31.1. The van der Waals surface area contributed by atoms with Gasteiger partial charge in [0, 0.05) is 5.25 Å². The van der Waals surface area contributed by atoms with E-state index in [1.165, 1.54) is 89.9 Å². The molecule has 0 spiro atoms. The molecule has 0 aliphatic carbocycles. The minimum Gasteiger partial charge on any atom is -0.748 e. The molecule has 0 saturated heterocycles. The Kier molecular flexibility index (Phi) is 25.1. The van der Waals surface area contributed by atoms with Crippen LogP contribution in [0.2, 0.25) is 0 Å². The zero-order valence-corrected chi connectivity index (χ0v) is 22.2. The fraction of sp³-hybridized carbons (Fsp3) is 1.00. The molecule has 5 heteroatoms. The van der Waals surface area contributed by atoms with Gasteiger partial charge in [0.15, 0.2) is 0 Å². The molecular formula is C23H47NaO3S. The molecule has 0 saturated carbocycles. The summed E-state index contributed by atoms with van der Waals surface area (Å²) in [6.45, 7) is 4.45. The quantitative estimate of drug-likeness (QED) is 0.151. The van der Waals surface area contributed by atoms with Crippen molar-refractivity contribution in [3.8, 4) is 0 Å². The molecule has 0 bridgehead atoms. The zero-order chi connectivity index (χ0) is 20.2. The summed E-state index contributed by atoms with van der Waals surface area (Å²) >= 11 is 0. The number of unbranched alkanes of at least 4 members (excludes halogenated alkanes) is 16. The maximum Gasteiger partial charge on any atom is 1.00 e. The molecule has 1 unspecified atom stereocenters. The Balaban J connectivity index is 0. The first-order valence-electron chi connectivity index (χ1n) is 12.0.